The van der Waals surface area contributed by atoms with Crippen molar-refractivity contribution in [2.75, 3.05) is 29.1 Å². The number of fused-ring (bicyclic) bond motifs is 1. The Morgan fingerprint density at radius 1 is 0.974 bits per heavy atom. The predicted octanol–water partition coefficient (Wildman–Crippen LogP) is 4.80. The van der Waals surface area contributed by atoms with Gasteiger partial charge in [0, 0.05) is 29.8 Å². The molecule has 3 aliphatic rings. The van der Waals surface area contributed by atoms with Crippen molar-refractivity contribution < 1.29 is 13.2 Å². The van der Waals surface area contributed by atoms with Crippen LogP contribution in [0, 0.1) is 0 Å². The third kappa shape index (κ3) is 6.04. The molecule has 3 aromatic rings. The lowest BCUT2D eigenvalue weighted by atomic mass is 9.89. The van der Waals surface area contributed by atoms with E-state index in [4.69, 9.17) is 21.6 Å². The number of carbonyl (C=O) groups excluding carboxylic acids is 1. The maximum absolute atomic E-state index is 13.1. The molecule has 0 bridgehead atoms. The molecule has 0 unspecified atom stereocenters. The first-order valence-corrected chi connectivity index (χ1v) is 15.7. The zero-order valence-corrected chi connectivity index (χ0v) is 23.3. The van der Waals surface area contributed by atoms with E-state index in [1.807, 2.05) is 36.4 Å². The summed E-state index contributed by atoms with van der Waals surface area (Å²) in [4.78, 5) is 24.0. The fourth-order valence-electron chi connectivity index (χ4n) is 5.42. The van der Waals surface area contributed by atoms with E-state index in [9.17, 15) is 13.2 Å². The molecular formula is C29H32ClN5O3S. The third-order valence-electron chi connectivity index (χ3n) is 7.70. The molecule has 1 amide bonds. The average molecular weight is 566 g/mol. The van der Waals surface area contributed by atoms with E-state index < -0.39 is 9.84 Å². The monoisotopic (exact) mass is 565 g/mol. The van der Waals surface area contributed by atoms with Crippen molar-refractivity contribution in [2.45, 2.75) is 61.8 Å². The number of benzene rings is 2. The minimum Gasteiger partial charge on any atom is -0.353 e. The van der Waals surface area contributed by atoms with Gasteiger partial charge in [0.1, 0.15) is 4.90 Å². The molecular weight excluding hydrogens is 534 g/mol. The van der Waals surface area contributed by atoms with Crippen molar-refractivity contribution in [1.82, 2.24) is 15.3 Å². The van der Waals surface area contributed by atoms with Crippen LogP contribution < -0.4 is 15.5 Å². The van der Waals surface area contributed by atoms with Gasteiger partial charge in [0.2, 0.25) is 11.9 Å². The maximum atomic E-state index is 13.1. The number of anilines is 3. The summed E-state index contributed by atoms with van der Waals surface area (Å²) in [6, 6.07) is 15.9. The zero-order valence-electron chi connectivity index (χ0n) is 21.7. The molecule has 2 aromatic carbocycles. The zero-order chi connectivity index (χ0) is 27.0. The maximum Gasteiger partial charge on any atom is 0.227 e. The highest BCUT2D eigenvalue weighted by Gasteiger charge is 2.32. The van der Waals surface area contributed by atoms with Gasteiger partial charge in [-0.25, -0.2) is 13.4 Å². The summed E-state index contributed by atoms with van der Waals surface area (Å²) in [6.45, 7) is 1.58. The molecule has 1 saturated carbocycles. The smallest absolute Gasteiger partial charge is 0.227 e. The van der Waals surface area contributed by atoms with Crippen molar-refractivity contribution >= 4 is 44.8 Å². The number of carbonyl (C=O) groups is 1. The lowest BCUT2D eigenvalue weighted by molar-refractivity contribution is -0.120. The lowest BCUT2D eigenvalue weighted by Gasteiger charge is -2.33. The molecule has 1 aliphatic carbocycles. The quantitative estimate of drug-likeness (QED) is 0.424. The van der Waals surface area contributed by atoms with Gasteiger partial charge in [-0.2, -0.15) is 4.98 Å². The molecule has 3 heterocycles. The van der Waals surface area contributed by atoms with Crippen LogP contribution in [0.4, 0.5) is 17.5 Å². The number of rotatable bonds is 7. The molecule has 6 rings (SSSR count). The van der Waals surface area contributed by atoms with Gasteiger partial charge < -0.3 is 15.5 Å². The Balaban J connectivity index is 1.21. The largest absolute Gasteiger partial charge is 0.353 e. The summed E-state index contributed by atoms with van der Waals surface area (Å²) in [6.07, 6.45) is 5.52. The molecule has 8 nitrogen and oxygen atoms in total. The number of nitrogens with one attached hydrogen (secondary N) is 2. The van der Waals surface area contributed by atoms with E-state index in [0.29, 0.717) is 48.7 Å². The Morgan fingerprint density at radius 3 is 2.38 bits per heavy atom. The first-order valence-electron chi connectivity index (χ1n) is 13.6. The normalized spacial score (nSPS) is 18.8. The molecule has 1 aromatic heterocycles. The Kier molecular flexibility index (Phi) is 7.20. The summed E-state index contributed by atoms with van der Waals surface area (Å²) in [5.74, 6) is 1.46. The van der Waals surface area contributed by atoms with Crippen molar-refractivity contribution in [3.63, 3.8) is 0 Å². The van der Waals surface area contributed by atoms with Crippen molar-refractivity contribution in [1.29, 1.82) is 0 Å². The first-order chi connectivity index (χ1) is 18.8. The topological polar surface area (TPSA) is 104 Å². The molecule has 2 N–H and O–H groups in total. The van der Waals surface area contributed by atoms with E-state index >= 15 is 0 Å². The van der Waals surface area contributed by atoms with Crippen LogP contribution in [0.3, 0.4) is 0 Å². The predicted molar refractivity (Wildman–Crippen MR) is 153 cm³/mol. The van der Waals surface area contributed by atoms with Gasteiger partial charge in [-0.05, 0) is 79.8 Å². The van der Waals surface area contributed by atoms with Crippen molar-refractivity contribution in [3.8, 4) is 0 Å². The van der Waals surface area contributed by atoms with Crippen LogP contribution in [0.2, 0.25) is 5.02 Å². The number of sulfone groups is 1. The summed E-state index contributed by atoms with van der Waals surface area (Å²) in [5, 5.41) is 7.00. The van der Waals surface area contributed by atoms with E-state index in [-0.39, 0.29) is 16.6 Å². The van der Waals surface area contributed by atoms with Gasteiger partial charge in [0.05, 0.1) is 17.9 Å². The van der Waals surface area contributed by atoms with Gasteiger partial charge in [-0.1, -0.05) is 35.9 Å². The highest BCUT2D eigenvalue weighted by molar-refractivity contribution is 7.91. The van der Waals surface area contributed by atoms with Crippen molar-refractivity contribution in [2.24, 2.45) is 0 Å². The molecule has 0 radical (unpaired) electrons. The van der Waals surface area contributed by atoms with Crippen LogP contribution in [-0.4, -0.2) is 49.2 Å². The third-order valence-corrected chi connectivity index (χ3v) is 9.83. The first kappa shape index (κ1) is 26.1. The number of amides is 1. The second-order valence-corrected chi connectivity index (χ2v) is 13.2. The molecule has 0 spiro atoms. The summed E-state index contributed by atoms with van der Waals surface area (Å²) in [7, 11) is -3.49. The molecule has 0 atom stereocenters. The van der Waals surface area contributed by atoms with E-state index in [2.05, 4.69) is 27.7 Å². The highest BCUT2D eigenvalue weighted by Crippen LogP contribution is 2.35. The average Bonchev–Trinajstić information content (AvgIpc) is 3.74. The molecule has 1 saturated heterocycles. The van der Waals surface area contributed by atoms with Gasteiger partial charge in [0.25, 0.3) is 0 Å². The minimum atomic E-state index is -3.49. The standard InChI is InChI=1S/C29H32ClN5O3S/c30-22-7-5-20(6-8-22)21-13-15-35(16-14-21)29-33-25-2-1-17-39(37,38)27(25)28(34-29)32-24-9-3-19(4-10-24)18-26(36)31-23-11-12-23/h3-10,21,23H,1-2,11-18H2,(H,31,36)(H,32,33,34). The highest BCUT2D eigenvalue weighted by atomic mass is 35.5. The fraction of sp³-hybridized carbons (Fsp3) is 0.414. The lowest BCUT2D eigenvalue weighted by Crippen LogP contribution is -2.35. The number of piperidine rings is 1. The minimum absolute atomic E-state index is 0.0265. The van der Waals surface area contributed by atoms with Crippen LogP contribution in [0.5, 0.6) is 0 Å². The van der Waals surface area contributed by atoms with Gasteiger partial charge in [-0.3, -0.25) is 4.79 Å². The summed E-state index contributed by atoms with van der Waals surface area (Å²) >= 11 is 6.06. The molecule has 39 heavy (non-hydrogen) atoms. The number of nitrogens with zero attached hydrogens (tertiary/aromatic N) is 3. The van der Waals surface area contributed by atoms with E-state index in [1.165, 1.54) is 5.56 Å². The van der Waals surface area contributed by atoms with Crippen LogP contribution in [0.15, 0.2) is 53.4 Å². The molecule has 2 aliphatic heterocycles. The number of aromatic nitrogens is 2. The van der Waals surface area contributed by atoms with Crippen LogP contribution in [0.25, 0.3) is 0 Å². The summed E-state index contributed by atoms with van der Waals surface area (Å²) in [5.41, 5.74) is 3.49. The SMILES string of the molecule is O=C(Cc1ccc(Nc2nc(N3CCC(c4ccc(Cl)cc4)CC3)nc3c2S(=O)(=O)CCC3)cc1)NC1CC1. The summed E-state index contributed by atoms with van der Waals surface area (Å²) < 4.78 is 26.2. The Labute approximate surface area is 234 Å². The number of hydrogen-bond donors (Lipinski definition) is 2. The Hall–Kier alpha value is -3.17. The van der Waals surface area contributed by atoms with Gasteiger partial charge in [0.15, 0.2) is 15.7 Å². The Bertz CT molecular complexity index is 1470. The molecule has 2 fully saturated rings. The number of aryl methyl sites for hydroxylation is 1. The van der Waals surface area contributed by atoms with Crippen LogP contribution in [0.1, 0.15) is 54.8 Å². The number of halogens is 1. The van der Waals surface area contributed by atoms with E-state index in [1.54, 1.807) is 0 Å². The fourth-order valence-corrected chi connectivity index (χ4v) is 7.17. The Morgan fingerprint density at radius 2 is 1.69 bits per heavy atom. The van der Waals surface area contributed by atoms with Gasteiger partial charge >= 0.3 is 0 Å². The van der Waals surface area contributed by atoms with E-state index in [0.717, 1.165) is 55.0 Å². The second-order valence-electron chi connectivity index (χ2n) is 10.7. The molecule has 10 heteroatoms. The number of hydrogen-bond acceptors (Lipinski definition) is 7. The van der Waals surface area contributed by atoms with Gasteiger partial charge in [-0.15, -0.1) is 0 Å². The van der Waals surface area contributed by atoms with Crippen LogP contribution in [-0.2, 0) is 27.5 Å². The molecule has 204 valence electrons. The van der Waals surface area contributed by atoms with Crippen molar-refractivity contribution in [3.05, 3.63) is 70.4 Å². The second kappa shape index (κ2) is 10.8. The van der Waals surface area contributed by atoms with Crippen LogP contribution >= 0.6 is 11.6 Å².